The smallest absolute Gasteiger partial charge is 0.337 e. The Morgan fingerprint density at radius 2 is 1.85 bits per heavy atom. The summed E-state index contributed by atoms with van der Waals surface area (Å²) in [5.41, 5.74) is 1.72. The molecule has 0 radical (unpaired) electrons. The van der Waals surface area contributed by atoms with Gasteiger partial charge in [-0.2, -0.15) is 0 Å². The number of thioether (sulfide) groups is 1. The van der Waals surface area contributed by atoms with Crippen molar-refractivity contribution in [2.24, 2.45) is 0 Å². The van der Waals surface area contributed by atoms with E-state index in [-0.39, 0.29) is 23.4 Å². The normalized spacial score (nSPS) is 14.8. The number of hydrogen-bond acceptors (Lipinski definition) is 8. The Bertz CT molecular complexity index is 1320. The maximum absolute atomic E-state index is 13.3. The lowest BCUT2D eigenvalue weighted by molar-refractivity contribution is -0.384. The molecule has 1 aliphatic rings. The molecule has 0 aliphatic carbocycles. The first kappa shape index (κ1) is 23.2. The third kappa shape index (κ3) is 4.44. The summed E-state index contributed by atoms with van der Waals surface area (Å²) in [7, 11) is 0. The highest BCUT2D eigenvalue weighted by molar-refractivity contribution is 7.99. The number of H-pyrrole nitrogens is 1. The van der Waals surface area contributed by atoms with Gasteiger partial charge in [0.1, 0.15) is 5.82 Å². The van der Waals surface area contributed by atoms with Crippen molar-refractivity contribution in [3.63, 3.8) is 0 Å². The van der Waals surface area contributed by atoms with E-state index in [9.17, 15) is 19.7 Å². The van der Waals surface area contributed by atoms with Crippen LogP contribution in [-0.4, -0.2) is 33.2 Å². The number of ether oxygens (including phenoxy) is 1. The fourth-order valence-corrected chi connectivity index (χ4v) is 4.48. The fourth-order valence-electron chi connectivity index (χ4n) is 3.89. The second-order valence-corrected chi connectivity index (χ2v) is 8.60. The summed E-state index contributed by atoms with van der Waals surface area (Å²) in [5, 5.41) is 14.8. The molecule has 2 N–H and O–H groups in total. The maximum Gasteiger partial charge on any atom is 0.337 e. The molecule has 10 heteroatoms. The third-order valence-electron chi connectivity index (χ3n) is 5.30. The zero-order chi connectivity index (χ0) is 24.2. The number of aromatic nitrogens is 2. The summed E-state index contributed by atoms with van der Waals surface area (Å²) in [6.07, 6.45) is 0. The minimum absolute atomic E-state index is 0.0930. The molecule has 0 saturated carbocycles. The molecule has 1 aliphatic heterocycles. The van der Waals surface area contributed by atoms with E-state index in [4.69, 9.17) is 4.74 Å². The van der Waals surface area contributed by atoms with Crippen LogP contribution in [0, 0.1) is 10.1 Å². The Morgan fingerprint density at radius 3 is 2.47 bits per heavy atom. The van der Waals surface area contributed by atoms with Gasteiger partial charge in [0.25, 0.3) is 11.2 Å². The summed E-state index contributed by atoms with van der Waals surface area (Å²) in [6.45, 7) is 3.80. The van der Waals surface area contributed by atoms with Crippen LogP contribution >= 0.6 is 11.8 Å². The molecule has 0 saturated heterocycles. The number of fused-ring (bicyclic) bond motifs is 1. The molecule has 2 aromatic carbocycles. The quantitative estimate of drug-likeness (QED) is 0.169. The van der Waals surface area contributed by atoms with E-state index < -0.39 is 22.4 Å². The molecule has 3 aromatic rings. The highest BCUT2D eigenvalue weighted by Crippen LogP contribution is 2.43. The SMILES string of the molecule is CCOC(=O)C1=C(c2ccccc2)Nc2nc(SCC)[nH]c(=O)c2[C@H]1c1ccc([N+](=O)[O-])cc1. The first-order chi connectivity index (χ1) is 16.4. The zero-order valence-electron chi connectivity index (χ0n) is 18.5. The van der Waals surface area contributed by atoms with Crippen LogP contribution in [0.1, 0.15) is 36.5 Å². The van der Waals surface area contributed by atoms with E-state index in [1.807, 2.05) is 37.3 Å². The van der Waals surface area contributed by atoms with E-state index in [0.29, 0.717) is 28.0 Å². The first-order valence-corrected chi connectivity index (χ1v) is 11.7. The molecule has 0 spiro atoms. The summed E-state index contributed by atoms with van der Waals surface area (Å²) >= 11 is 1.39. The highest BCUT2D eigenvalue weighted by Gasteiger charge is 2.38. The van der Waals surface area contributed by atoms with Crippen molar-refractivity contribution in [3.05, 3.63) is 97.3 Å². The molecule has 9 nitrogen and oxygen atoms in total. The van der Waals surface area contributed by atoms with E-state index in [1.165, 1.54) is 23.9 Å². The lowest BCUT2D eigenvalue weighted by atomic mass is 9.81. The van der Waals surface area contributed by atoms with E-state index >= 15 is 0 Å². The van der Waals surface area contributed by atoms with Gasteiger partial charge in [-0.15, -0.1) is 0 Å². The Kier molecular flexibility index (Phi) is 6.78. The predicted octanol–water partition coefficient (Wildman–Crippen LogP) is 4.32. The number of aromatic amines is 1. The number of nitro groups is 1. The van der Waals surface area contributed by atoms with Gasteiger partial charge in [-0.1, -0.05) is 61.2 Å². The lowest BCUT2D eigenvalue weighted by Gasteiger charge is -2.30. The van der Waals surface area contributed by atoms with Crippen molar-refractivity contribution in [3.8, 4) is 0 Å². The average molecular weight is 479 g/mol. The van der Waals surface area contributed by atoms with E-state index in [0.717, 1.165) is 5.56 Å². The summed E-state index contributed by atoms with van der Waals surface area (Å²) in [5.74, 6) is -0.393. The van der Waals surface area contributed by atoms with Crippen molar-refractivity contribution < 1.29 is 14.5 Å². The van der Waals surface area contributed by atoms with Gasteiger partial charge >= 0.3 is 5.97 Å². The van der Waals surface area contributed by atoms with Crippen LogP contribution in [0.25, 0.3) is 5.70 Å². The molecular weight excluding hydrogens is 456 g/mol. The molecule has 4 rings (SSSR count). The van der Waals surface area contributed by atoms with Crippen LogP contribution in [0.15, 0.2) is 70.1 Å². The number of nitrogens with one attached hydrogen (secondary N) is 2. The Morgan fingerprint density at radius 1 is 1.15 bits per heavy atom. The van der Waals surface area contributed by atoms with E-state index in [1.54, 1.807) is 19.1 Å². The second-order valence-electron chi connectivity index (χ2n) is 7.35. The van der Waals surface area contributed by atoms with Crippen molar-refractivity contribution in [2.75, 3.05) is 17.7 Å². The maximum atomic E-state index is 13.3. The van der Waals surface area contributed by atoms with Crippen molar-refractivity contribution >= 4 is 34.9 Å². The number of anilines is 1. The monoisotopic (exact) mass is 478 g/mol. The second kappa shape index (κ2) is 9.92. The molecular formula is C24H22N4O5S. The molecule has 174 valence electrons. The molecule has 0 amide bonds. The van der Waals surface area contributed by atoms with Gasteiger partial charge in [-0.3, -0.25) is 14.9 Å². The van der Waals surface area contributed by atoms with Crippen molar-refractivity contribution in [1.29, 1.82) is 0 Å². The molecule has 0 fully saturated rings. The van der Waals surface area contributed by atoms with Gasteiger partial charge in [0.15, 0.2) is 5.16 Å². The number of hydrogen-bond donors (Lipinski definition) is 2. The summed E-state index contributed by atoms with van der Waals surface area (Å²) in [4.78, 5) is 44.6. The topological polar surface area (TPSA) is 127 Å². The number of carbonyl (C=O) groups is 1. The third-order valence-corrected chi connectivity index (χ3v) is 6.06. The number of benzene rings is 2. The van der Waals surface area contributed by atoms with Crippen LogP contribution < -0.4 is 10.9 Å². The molecule has 0 bridgehead atoms. The van der Waals surface area contributed by atoms with E-state index in [2.05, 4.69) is 15.3 Å². The number of nitro benzene ring substituents is 1. The van der Waals surface area contributed by atoms with Gasteiger partial charge in [-0.25, -0.2) is 9.78 Å². The summed E-state index contributed by atoms with van der Waals surface area (Å²) < 4.78 is 5.38. The van der Waals surface area contributed by atoms with Gasteiger partial charge < -0.3 is 15.0 Å². The van der Waals surface area contributed by atoms with Crippen LogP contribution in [-0.2, 0) is 9.53 Å². The number of esters is 1. The van der Waals surface area contributed by atoms with Gasteiger partial charge in [0.2, 0.25) is 0 Å². The van der Waals surface area contributed by atoms with Crippen LogP contribution in [0.5, 0.6) is 0 Å². The largest absolute Gasteiger partial charge is 0.463 e. The molecule has 34 heavy (non-hydrogen) atoms. The highest BCUT2D eigenvalue weighted by atomic mass is 32.2. The Hall–Kier alpha value is -3.92. The van der Waals surface area contributed by atoms with Crippen LogP contribution in [0.2, 0.25) is 0 Å². The number of rotatable bonds is 7. The molecule has 1 atom stereocenters. The molecule has 0 unspecified atom stereocenters. The minimum atomic E-state index is -0.844. The molecule has 1 aromatic heterocycles. The first-order valence-electron chi connectivity index (χ1n) is 10.7. The number of carbonyl (C=O) groups excluding carboxylic acids is 1. The van der Waals surface area contributed by atoms with Crippen LogP contribution in [0.4, 0.5) is 11.5 Å². The standard InChI is InChI=1S/C24H22N4O5S/c1-3-33-23(30)18-17(14-10-12-16(13-11-14)28(31)32)19-21(26-24(34-4-2)27-22(19)29)25-20(18)15-8-6-5-7-9-15/h5-13,17H,3-4H2,1-2H3,(H2,25,26,27,29)/t17-/m0/s1. The predicted molar refractivity (Wildman–Crippen MR) is 130 cm³/mol. The average Bonchev–Trinajstić information content (AvgIpc) is 2.84. The van der Waals surface area contributed by atoms with Crippen LogP contribution in [0.3, 0.4) is 0 Å². The lowest BCUT2D eigenvalue weighted by Crippen LogP contribution is -2.31. The number of non-ortho nitro benzene ring substituents is 1. The van der Waals surface area contributed by atoms with Crippen molar-refractivity contribution in [1.82, 2.24) is 9.97 Å². The van der Waals surface area contributed by atoms with Crippen molar-refractivity contribution in [2.45, 2.75) is 24.9 Å². The van der Waals surface area contributed by atoms with Gasteiger partial charge in [0.05, 0.1) is 34.3 Å². The molecule has 2 heterocycles. The minimum Gasteiger partial charge on any atom is -0.463 e. The Balaban J connectivity index is 2.01. The fraction of sp³-hybridized carbons (Fsp3) is 0.208. The van der Waals surface area contributed by atoms with Gasteiger partial charge in [-0.05, 0) is 23.8 Å². The van der Waals surface area contributed by atoms with Gasteiger partial charge in [0, 0.05) is 12.1 Å². The summed E-state index contributed by atoms with van der Waals surface area (Å²) in [6, 6.07) is 15.0. The Labute approximate surface area is 199 Å². The zero-order valence-corrected chi connectivity index (χ0v) is 19.3. The number of nitrogens with zero attached hydrogens (tertiary/aromatic N) is 2.